The lowest BCUT2D eigenvalue weighted by molar-refractivity contribution is -0.136. The van der Waals surface area contributed by atoms with Gasteiger partial charge in [0.15, 0.2) is 0 Å². The van der Waals surface area contributed by atoms with Gasteiger partial charge in [-0.3, -0.25) is 9.59 Å². The van der Waals surface area contributed by atoms with E-state index in [0.29, 0.717) is 27.6 Å². The molecule has 0 fully saturated rings. The fourth-order valence-corrected chi connectivity index (χ4v) is 3.95. The van der Waals surface area contributed by atoms with Crippen molar-refractivity contribution in [2.45, 2.75) is 32.6 Å². The molecule has 1 aromatic heterocycles. The van der Waals surface area contributed by atoms with Crippen molar-refractivity contribution in [3.05, 3.63) is 57.4 Å². The maximum absolute atomic E-state index is 13.2. The minimum Gasteiger partial charge on any atom is -0.507 e. The van der Waals surface area contributed by atoms with Crippen LogP contribution in [0.5, 0.6) is 11.5 Å². The van der Waals surface area contributed by atoms with Gasteiger partial charge in [0.2, 0.25) is 5.43 Å². The quantitative estimate of drug-likeness (QED) is 0.481. The van der Waals surface area contributed by atoms with Crippen LogP contribution in [0, 0.1) is 5.92 Å². The Morgan fingerprint density at radius 2 is 1.93 bits per heavy atom. The molecule has 1 aliphatic rings. The first-order valence-corrected chi connectivity index (χ1v) is 9.51. The molecular weight excluding hydrogens is 380 g/mol. The predicted molar refractivity (Wildman–Crippen MR) is 107 cm³/mol. The molecule has 4 rings (SSSR count). The van der Waals surface area contributed by atoms with Crippen LogP contribution in [0.25, 0.3) is 22.1 Å². The van der Waals surface area contributed by atoms with Crippen molar-refractivity contribution in [2.24, 2.45) is 5.92 Å². The van der Waals surface area contributed by atoms with Crippen LogP contribution in [0.3, 0.4) is 0 Å². The second kappa shape index (κ2) is 6.99. The molecule has 0 radical (unpaired) electrons. The summed E-state index contributed by atoms with van der Waals surface area (Å²) in [5.41, 5.74) is 1.57. The third-order valence-corrected chi connectivity index (χ3v) is 5.24. The van der Waals surface area contributed by atoms with Gasteiger partial charge < -0.3 is 14.3 Å². The molecule has 1 atom stereocenters. The fourth-order valence-electron chi connectivity index (χ4n) is 3.82. The van der Waals surface area contributed by atoms with E-state index < -0.39 is 0 Å². The number of esters is 1. The summed E-state index contributed by atoms with van der Waals surface area (Å²) >= 11 is 5.92. The summed E-state index contributed by atoms with van der Waals surface area (Å²) < 4.78 is 11.2. The fraction of sp³-hybridized carbons (Fsp3) is 0.273. The first-order chi connectivity index (χ1) is 13.3. The number of hydrogen-bond acceptors (Lipinski definition) is 5. The van der Waals surface area contributed by atoms with Crippen LogP contribution in [0.2, 0.25) is 5.02 Å². The van der Waals surface area contributed by atoms with E-state index in [1.807, 2.05) is 0 Å². The van der Waals surface area contributed by atoms with Gasteiger partial charge in [0.25, 0.3) is 0 Å². The number of fused-ring (bicyclic) bond motifs is 3. The molecule has 5 nitrogen and oxygen atoms in total. The maximum atomic E-state index is 13.2. The average Bonchev–Trinajstić information content (AvgIpc) is 2.61. The number of phenols is 1. The minimum absolute atomic E-state index is 0.0953. The molecule has 144 valence electrons. The van der Waals surface area contributed by atoms with E-state index in [1.165, 1.54) is 12.3 Å². The Morgan fingerprint density at radius 3 is 2.61 bits per heavy atom. The molecule has 28 heavy (non-hydrogen) atoms. The van der Waals surface area contributed by atoms with Gasteiger partial charge in [0, 0.05) is 22.6 Å². The highest BCUT2D eigenvalue weighted by Crippen LogP contribution is 2.45. The van der Waals surface area contributed by atoms with Crippen LogP contribution in [0.15, 0.2) is 45.8 Å². The number of carbonyl (C=O) groups excluding carboxylic acids is 1. The van der Waals surface area contributed by atoms with E-state index in [2.05, 4.69) is 13.8 Å². The zero-order valence-corrected chi connectivity index (χ0v) is 16.2. The standard InChI is InChI=1S/C22H19ClO5/c1-11(2)7-13-8-18(25)28-17-9-16(24)20-21(26)15(10-27-22(20)19(13)17)12-3-5-14(23)6-4-12/h3-6,9-11,13,24H,7-8H2,1-2H3/t13-/m0/s1. The van der Waals surface area contributed by atoms with E-state index in [4.69, 9.17) is 20.8 Å². The lowest BCUT2D eigenvalue weighted by Crippen LogP contribution is -2.22. The Hall–Kier alpha value is -2.79. The molecule has 3 aromatic rings. The number of rotatable bonds is 3. The SMILES string of the molecule is CC(C)C[C@H]1CC(=O)Oc2cc(O)c3c(=O)c(-c4ccc(Cl)cc4)coc3c21. The average molecular weight is 399 g/mol. The molecule has 0 saturated heterocycles. The van der Waals surface area contributed by atoms with Gasteiger partial charge in [0.1, 0.15) is 28.7 Å². The number of hydrogen-bond donors (Lipinski definition) is 1. The zero-order chi connectivity index (χ0) is 20.0. The van der Waals surface area contributed by atoms with Crippen LogP contribution in [-0.2, 0) is 4.79 Å². The Bertz CT molecular complexity index is 1130. The molecule has 0 bridgehead atoms. The Labute approximate surface area is 166 Å². The van der Waals surface area contributed by atoms with Crippen molar-refractivity contribution in [2.75, 3.05) is 0 Å². The lowest BCUT2D eigenvalue weighted by Gasteiger charge is -2.26. The summed E-state index contributed by atoms with van der Waals surface area (Å²) in [5.74, 6) is -0.154. The number of benzene rings is 2. The van der Waals surface area contributed by atoms with Crippen molar-refractivity contribution in [3.8, 4) is 22.6 Å². The summed E-state index contributed by atoms with van der Waals surface area (Å²) in [4.78, 5) is 25.1. The lowest BCUT2D eigenvalue weighted by atomic mass is 9.84. The Balaban J connectivity index is 1.97. The molecule has 0 unspecified atom stereocenters. The smallest absolute Gasteiger partial charge is 0.311 e. The molecule has 0 spiro atoms. The number of phenolic OH excluding ortho intramolecular Hbond substituents is 1. The summed E-state index contributed by atoms with van der Waals surface area (Å²) in [6, 6.07) is 8.15. The highest BCUT2D eigenvalue weighted by Gasteiger charge is 2.32. The van der Waals surface area contributed by atoms with Gasteiger partial charge in [-0.25, -0.2) is 0 Å². The third-order valence-electron chi connectivity index (χ3n) is 4.98. The number of aromatic hydroxyl groups is 1. The van der Waals surface area contributed by atoms with Crippen LogP contribution in [0.4, 0.5) is 0 Å². The van der Waals surface area contributed by atoms with Crippen molar-refractivity contribution in [3.63, 3.8) is 0 Å². The zero-order valence-electron chi connectivity index (χ0n) is 15.5. The van der Waals surface area contributed by atoms with Gasteiger partial charge in [-0.05, 0) is 30.0 Å². The first-order valence-electron chi connectivity index (χ1n) is 9.13. The van der Waals surface area contributed by atoms with E-state index in [1.54, 1.807) is 24.3 Å². The van der Waals surface area contributed by atoms with Gasteiger partial charge in [-0.1, -0.05) is 37.6 Å². The largest absolute Gasteiger partial charge is 0.507 e. The van der Waals surface area contributed by atoms with Crippen LogP contribution in [-0.4, -0.2) is 11.1 Å². The van der Waals surface area contributed by atoms with Crippen molar-refractivity contribution < 1.29 is 19.1 Å². The molecule has 0 amide bonds. The maximum Gasteiger partial charge on any atom is 0.311 e. The van der Waals surface area contributed by atoms with E-state index in [0.717, 1.165) is 6.42 Å². The normalized spacial score (nSPS) is 16.3. The summed E-state index contributed by atoms with van der Waals surface area (Å²) in [6.45, 7) is 4.13. The van der Waals surface area contributed by atoms with Crippen molar-refractivity contribution in [1.82, 2.24) is 0 Å². The topological polar surface area (TPSA) is 76.7 Å². The molecule has 1 aliphatic heterocycles. The second-order valence-corrected chi connectivity index (χ2v) is 7.94. The molecule has 0 saturated carbocycles. The van der Waals surface area contributed by atoms with Gasteiger partial charge in [-0.2, -0.15) is 0 Å². The van der Waals surface area contributed by atoms with E-state index in [-0.39, 0.29) is 46.2 Å². The summed E-state index contributed by atoms with van der Waals surface area (Å²) in [5, 5.41) is 11.2. The highest BCUT2D eigenvalue weighted by atomic mass is 35.5. The number of halogens is 1. The molecule has 6 heteroatoms. The van der Waals surface area contributed by atoms with Gasteiger partial charge in [-0.15, -0.1) is 0 Å². The molecule has 2 aromatic carbocycles. The highest BCUT2D eigenvalue weighted by molar-refractivity contribution is 6.30. The molecule has 2 heterocycles. The van der Waals surface area contributed by atoms with E-state index >= 15 is 0 Å². The first kappa shape index (κ1) is 18.6. The molecule has 0 aliphatic carbocycles. The summed E-state index contributed by atoms with van der Waals surface area (Å²) in [6.07, 6.45) is 2.34. The summed E-state index contributed by atoms with van der Waals surface area (Å²) in [7, 11) is 0. The number of ether oxygens (including phenoxy) is 1. The van der Waals surface area contributed by atoms with Crippen LogP contribution < -0.4 is 10.2 Å². The van der Waals surface area contributed by atoms with Crippen molar-refractivity contribution in [1.29, 1.82) is 0 Å². The molecular formula is C22H19ClO5. The van der Waals surface area contributed by atoms with Gasteiger partial charge >= 0.3 is 5.97 Å². The van der Waals surface area contributed by atoms with Crippen LogP contribution in [0.1, 0.15) is 38.2 Å². The monoisotopic (exact) mass is 398 g/mol. The van der Waals surface area contributed by atoms with Crippen LogP contribution >= 0.6 is 11.6 Å². The number of carbonyl (C=O) groups is 1. The van der Waals surface area contributed by atoms with E-state index in [9.17, 15) is 14.7 Å². The predicted octanol–water partition coefficient (Wildman–Crippen LogP) is 5.26. The Kier molecular flexibility index (Phi) is 4.63. The second-order valence-electron chi connectivity index (χ2n) is 7.50. The van der Waals surface area contributed by atoms with Crippen molar-refractivity contribution >= 4 is 28.5 Å². The Morgan fingerprint density at radius 1 is 1.21 bits per heavy atom. The molecule has 1 N–H and O–H groups in total. The van der Waals surface area contributed by atoms with Gasteiger partial charge in [0.05, 0.1) is 12.0 Å². The third kappa shape index (κ3) is 3.16. The minimum atomic E-state index is -0.350.